The zero-order chi connectivity index (χ0) is 4.12. The molecule has 0 aliphatic rings. The molecule has 27 valence electrons. The van der Waals surface area contributed by atoms with Crippen LogP contribution in [0, 0.1) is 11.2 Å². The molecule has 0 bridgehead atoms. The molecule has 5 heavy (non-hydrogen) atoms. The van der Waals surface area contributed by atoms with Crippen molar-refractivity contribution in [3.05, 3.63) is 0 Å². The third kappa shape index (κ3) is 4.07. The largest absolute Gasteiger partial charge is 0.113 e. The summed E-state index contributed by atoms with van der Waals surface area (Å²) in [6.07, 6.45) is 0. The highest BCUT2D eigenvalue weighted by molar-refractivity contribution is 7.85. The van der Waals surface area contributed by atoms with E-state index in [0.29, 0.717) is 5.88 Å². The van der Waals surface area contributed by atoms with Crippen LogP contribution in [-0.2, 0) is 0 Å². The molecule has 0 aromatic carbocycles. The number of rotatable bonds is 0. The van der Waals surface area contributed by atoms with Gasteiger partial charge in [0.25, 0.3) is 0 Å². The van der Waals surface area contributed by atoms with Crippen LogP contribution in [0.25, 0.3) is 0 Å². The molecule has 0 spiro atoms. The fourth-order valence-corrected chi connectivity index (χ4v) is 0.245. The lowest BCUT2D eigenvalue weighted by Crippen LogP contribution is -1.50. The molecule has 0 saturated carbocycles. The molecule has 0 nitrogen and oxygen atoms in total. The molecular weight excluding hydrogens is 104 g/mol. The zero-order valence-corrected chi connectivity index (χ0v) is 4.07. The van der Waals surface area contributed by atoms with E-state index < -0.39 is 0 Å². The van der Waals surface area contributed by atoms with Crippen molar-refractivity contribution in [1.29, 1.82) is 0 Å². The maximum atomic E-state index is 5.06. The standard InChI is InChI=1S/C3H2ClS/c4-2-1-3-5/h2H2. The molecule has 2 heteroatoms. The molecule has 0 aromatic heterocycles. The lowest BCUT2D eigenvalue weighted by atomic mass is 10.8. The van der Waals surface area contributed by atoms with Crippen LogP contribution in [0.15, 0.2) is 0 Å². The second kappa shape index (κ2) is 4.07. The molecule has 0 amide bonds. The maximum Gasteiger partial charge on any atom is 0.0847 e. The Kier molecular flexibility index (Phi) is 4.13. The van der Waals surface area contributed by atoms with Gasteiger partial charge in [0.15, 0.2) is 0 Å². The summed E-state index contributed by atoms with van der Waals surface area (Å²) in [5.41, 5.74) is 0. The van der Waals surface area contributed by atoms with Gasteiger partial charge in [-0.05, 0) is 12.6 Å². The monoisotopic (exact) mass is 105 g/mol. The molecule has 0 fully saturated rings. The van der Waals surface area contributed by atoms with Crippen LogP contribution >= 0.6 is 24.2 Å². The Labute approximate surface area is 41.9 Å². The topological polar surface area (TPSA) is 0 Å². The van der Waals surface area contributed by atoms with Crippen LogP contribution in [0.5, 0.6) is 0 Å². The average Bonchev–Trinajstić information content (AvgIpc) is 1.41. The molecule has 1 radical (unpaired) electrons. The van der Waals surface area contributed by atoms with Crippen LogP contribution in [0.3, 0.4) is 0 Å². The molecule has 0 atom stereocenters. The fourth-order valence-electron chi connectivity index (χ4n) is 0.0273. The highest BCUT2D eigenvalue weighted by Crippen LogP contribution is 1.67. The smallest absolute Gasteiger partial charge is 0.0847 e. The molecule has 0 unspecified atom stereocenters. The van der Waals surface area contributed by atoms with Crippen molar-refractivity contribution in [3.8, 4) is 11.2 Å². The zero-order valence-electron chi connectivity index (χ0n) is 2.49. The van der Waals surface area contributed by atoms with Gasteiger partial charge in [0.2, 0.25) is 0 Å². The Morgan fingerprint density at radius 2 is 2.40 bits per heavy atom. The molecule has 0 N–H and O–H groups in total. The van der Waals surface area contributed by atoms with Crippen molar-refractivity contribution >= 4 is 24.2 Å². The summed E-state index contributed by atoms with van der Waals surface area (Å²) in [5.74, 6) is 2.79. The summed E-state index contributed by atoms with van der Waals surface area (Å²) >= 11 is 9.27. The van der Waals surface area contributed by atoms with E-state index in [0.717, 1.165) is 0 Å². The van der Waals surface area contributed by atoms with Crippen molar-refractivity contribution in [1.82, 2.24) is 0 Å². The predicted octanol–water partition coefficient (Wildman–Crippen LogP) is 1.38. The minimum Gasteiger partial charge on any atom is -0.113 e. The number of halogens is 1. The third-order valence-corrected chi connectivity index (χ3v) is 0.417. The van der Waals surface area contributed by atoms with E-state index >= 15 is 0 Å². The second-order valence-corrected chi connectivity index (χ2v) is 0.884. The van der Waals surface area contributed by atoms with E-state index in [1.807, 2.05) is 0 Å². The van der Waals surface area contributed by atoms with Gasteiger partial charge in [-0.1, -0.05) is 5.92 Å². The van der Waals surface area contributed by atoms with Crippen LogP contribution in [0.2, 0.25) is 0 Å². The van der Waals surface area contributed by atoms with Gasteiger partial charge in [-0.15, -0.1) is 11.6 Å². The van der Waals surface area contributed by atoms with Gasteiger partial charge in [-0.25, -0.2) is 0 Å². The first-order valence-corrected chi connectivity index (χ1v) is 2.02. The lowest BCUT2D eigenvalue weighted by molar-refractivity contribution is 1.93. The van der Waals surface area contributed by atoms with Gasteiger partial charge < -0.3 is 0 Å². The SMILES string of the molecule is [S]C#CCCl. The summed E-state index contributed by atoms with van der Waals surface area (Å²) in [6.45, 7) is 0. The molecule has 0 aliphatic carbocycles. The summed E-state index contributed by atoms with van der Waals surface area (Å²) in [5, 5.41) is 2.22. The first-order chi connectivity index (χ1) is 2.41. The average molecular weight is 106 g/mol. The molecule has 0 rings (SSSR count). The molecular formula is C3H2ClS. The Morgan fingerprint density at radius 1 is 1.80 bits per heavy atom. The van der Waals surface area contributed by atoms with Gasteiger partial charge in [0, 0.05) is 5.25 Å². The van der Waals surface area contributed by atoms with E-state index in [-0.39, 0.29) is 0 Å². The normalized spacial score (nSPS) is 5.00. The van der Waals surface area contributed by atoms with Crippen LogP contribution in [0.1, 0.15) is 0 Å². The van der Waals surface area contributed by atoms with Crippen molar-refractivity contribution in [2.75, 3.05) is 5.88 Å². The number of hydrogen-bond donors (Lipinski definition) is 0. The van der Waals surface area contributed by atoms with E-state index in [1.54, 1.807) is 0 Å². The van der Waals surface area contributed by atoms with Crippen LogP contribution < -0.4 is 0 Å². The molecule has 0 saturated heterocycles. The Hall–Kier alpha value is 0.0700. The summed E-state index contributed by atoms with van der Waals surface area (Å²) in [6, 6.07) is 0. The first kappa shape index (κ1) is 5.07. The molecule has 0 heterocycles. The maximum absolute atomic E-state index is 5.06. The summed E-state index contributed by atoms with van der Waals surface area (Å²) in [7, 11) is 0. The minimum absolute atomic E-state index is 0.351. The van der Waals surface area contributed by atoms with Crippen molar-refractivity contribution < 1.29 is 0 Å². The van der Waals surface area contributed by atoms with E-state index in [4.69, 9.17) is 11.6 Å². The molecule has 0 aromatic rings. The Balaban J connectivity index is 2.81. The molecule has 0 aliphatic heterocycles. The predicted molar refractivity (Wildman–Crippen MR) is 26.1 cm³/mol. The second-order valence-electron chi connectivity index (χ2n) is 0.412. The fraction of sp³-hybridized carbons (Fsp3) is 0.333. The van der Waals surface area contributed by atoms with E-state index in [1.165, 1.54) is 0 Å². The quantitative estimate of drug-likeness (QED) is 0.323. The Morgan fingerprint density at radius 3 is 2.40 bits per heavy atom. The van der Waals surface area contributed by atoms with Crippen LogP contribution in [0.4, 0.5) is 0 Å². The lowest BCUT2D eigenvalue weighted by Gasteiger charge is -1.54. The number of alkyl halides is 1. The third-order valence-electron chi connectivity index (χ3n) is 0.139. The van der Waals surface area contributed by atoms with Crippen molar-refractivity contribution in [2.45, 2.75) is 0 Å². The van der Waals surface area contributed by atoms with E-state index in [2.05, 4.69) is 23.8 Å². The van der Waals surface area contributed by atoms with Gasteiger partial charge in [-0.3, -0.25) is 0 Å². The minimum atomic E-state index is 0.351. The van der Waals surface area contributed by atoms with Gasteiger partial charge in [-0.2, -0.15) is 0 Å². The first-order valence-electron chi connectivity index (χ1n) is 1.07. The van der Waals surface area contributed by atoms with Crippen molar-refractivity contribution in [3.63, 3.8) is 0 Å². The van der Waals surface area contributed by atoms with Crippen LogP contribution in [-0.4, -0.2) is 5.88 Å². The summed E-state index contributed by atoms with van der Waals surface area (Å²) in [4.78, 5) is 0. The summed E-state index contributed by atoms with van der Waals surface area (Å²) < 4.78 is 0. The van der Waals surface area contributed by atoms with Gasteiger partial charge in [0.1, 0.15) is 0 Å². The van der Waals surface area contributed by atoms with E-state index in [9.17, 15) is 0 Å². The van der Waals surface area contributed by atoms with Gasteiger partial charge >= 0.3 is 0 Å². The van der Waals surface area contributed by atoms with Gasteiger partial charge in [0.05, 0.1) is 5.88 Å². The Bertz CT molecular complexity index is 59.0. The highest BCUT2D eigenvalue weighted by Gasteiger charge is 1.52. The van der Waals surface area contributed by atoms with Crippen molar-refractivity contribution in [2.24, 2.45) is 0 Å². The number of hydrogen-bond acceptors (Lipinski definition) is 0. The highest BCUT2D eigenvalue weighted by atomic mass is 35.5.